The van der Waals surface area contributed by atoms with Gasteiger partial charge < -0.3 is 15.4 Å². The van der Waals surface area contributed by atoms with Crippen molar-refractivity contribution in [2.45, 2.75) is 13.0 Å². The highest BCUT2D eigenvalue weighted by Crippen LogP contribution is 2.31. The van der Waals surface area contributed by atoms with Crippen molar-refractivity contribution in [3.05, 3.63) is 40.5 Å². The van der Waals surface area contributed by atoms with Crippen LogP contribution in [0.25, 0.3) is 0 Å². The standard InChI is InChI=1S/C14H15ClN4O/c1-20-14-17-7-11(15)13(18-14)19-6-5-9-3-2-4-12(16)10(9)8-19/h2-4,7H,5-6,8,16H2,1H3. The quantitative estimate of drug-likeness (QED) is 0.860. The van der Waals surface area contributed by atoms with E-state index in [0.717, 1.165) is 24.2 Å². The maximum Gasteiger partial charge on any atom is 0.318 e. The fourth-order valence-corrected chi connectivity index (χ4v) is 2.66. The van der Waals surface area contributed by atoms with E-state index in [0.29, 0.717) is 23.4 Å². The van der Waals surface area contributed by atoms with Crippen LogP contribution in [0.1, 0.15) is 11.1 Å². The van der Waals surface area contributed by atoms with Crippen molar-refractivity contribution >= 4 is 23.1 Å². The molecule has 1 aromatic carbocycles. The molecule has 3 rings (SSSR count). The molecule has 0 radical (unpaired) electrons. The number of benzene rings is 1. The third-order valence-electron chi connectivity index (χ3n) is 3.49. The molecule has 6 heteroatoms. The molecule has 0 bridgehead atoms. The van der Waals surface area contributed by atoms with Gasteiger partial charge in [-0.2, -0.15) is 4.98 Å². The van der Waals surface area contributed by atoms with Crippen LogP contribution in [0, 0.1) is 0 Å². The van der Waals surface area contributed by atoms with E-state index in [9.17, 15) is 0 Å². The van der Waals surface area contributed by atoms with Crippen molar-refractivity contribution < 1.29 is 4.74 Å². The Morgan fingerprint density at radius 1 is 1.40 bits per heavy atom. The van der Waals surface area contributed by atoms with Gasteiger partial charge in [0.2, 0.25) is 0 Å². The van der Waals surface area contributed by atoms with E-state index in [1.54, 1.807) is 6.20 Å². The van der Waals surface area contributed by atoms with Crippen LogP contribution in [-0.4, -0.2) is 23.6 Å². The van der Waals surface area contributed by atoms with Crippen molar-refractivity contribution in [1.29, 1.82) is 0 Å². The van der Waals surface area contributed by atoms with Gasteiger partial charge >= 0.3 is 6.01 Å². The molecule has 0 aliphatic carbocycles. The average molecular weight is 291 g/mol. The van der Waals surface area contributed by atoms with E-state index < -0.39 is 0 Å². The lowest BCUT2D eigenvalue weighted by Gasteiger charge is -2.31. The zero-order valence-corrected chi connectivity index (χ0v) is 11.9. The predicted molar refractivity (Wildman–Crippen MR) is 79.2 cm³/mol. The molecular formula is C14H15ClN4O. The second-order valence-corrected chi connectivity index (χ2v) is 5.09. The molecule has 5 nitrogen and oxygen atoms in total. The van der Waals surface area contributed by atoms with Gasteiger partial charge in [-0.25, -0.2) is 4.98 Å². The minimum absolute atomic E-state index is 0.316. The lowest BCUT2D eigenvalue weighted by molar-refractivity contribution is 0.379. The third-order valence-corrected chi connectivity index (χ3v) is 3.76. The van der Waals surface area contributed by atoms with Gasteiger partial charge in [-0.1, -0.05) is 23.7 Å². The Bertz CT molecular complexity index is 647. The largest absolute Gasteiger partial charge is 0.467 e. The summed E-state index contributed by atoms with van der Waals surface area (Å²) in [7, 11) is 1.54. The van der Waals surface area contributed by atoms with Gasteiger partial charge in [-0.15, -0.1) is 0 Å². The van der Waals surface area contributed by atoms with Crippen molar-refractivity contribution in [2.75, 3.05) is 24.3 Å². The molecule has 0 atom stereocenters. The molecule has 2 aromatic rings. The Labute approximate surface area is 122 Å². The van der Waals surface area contributed by atoms with Gasteiger partial charge in [0, 0.05) is 18.8 Å². The van der Waals surface area contributed by atoms with Crippen LogP contribution < -0.4 is 15.4 Å². The van der Waals surface area contributed by atoms with Gasteiger partial charge in [0.05, 0.1) is 13.3 Å². The molecule has 0 amide bonds. The van der Waals surface area contributed by atoms with Crippen LogP contribution in [0.15, 0.2) is 24.4 Å². The summed E-state index contributed by atoms with van der Waals surface area (Å²) in [6, 6.07) is 6.34. The summed E-state index contributed by atoms with van der Waals surface area (Å²) in [5.41, 5.74) is 9.30. The maximum atomic E-state index is 6.20. The number of methoxy groups -OCH3 is 1. The Morgan fingerprint density at radius 2 is 2.25 bits per heavy atom. The van der Waals surface area contributed by atoms with Crippen LogP contribution in [0.2, 0.25) is 5.02 Å². The second kappa shape index (κ2) is 5.17. The number of hydrogen-bond donors (Lipinski definition) is 1. The fourth-order valence-electron chi connectivity index (χ4n) is 2.45. The zero-order chi connectivity index (χ0) is 14.1. The molecule has 1 aliphatic rings. The first-order valence-electron chi connectivity index (χ1n) is 6.36. The van der Waals surface area contributed by atoms with Crippen molar-refractivity contribution in [3.63, 3.8) is 0 Å². The van der Waals surface area contributed by atoms with Crippen molar-refractivity contribution in [1.82, 2.24) is 9.97 Å². The molecule has 0 fully saturated rings. The molecule has 1 aliphatic heterocycles. The number of anilines is 2. The number of ether oxygens (including phenoxy) is 1. The van der Waals surface area contributed by atoms with Gasteiger partial charge in [-0.3, -0.25) is 0 Å². The van der Waals surface area contributed by atoms with Gasteiger partial charge in [0.25, 0.3) is 0 Å². The number of halogens is 1. The normalized spacial score (nSPS) is 14.0. The zero-order valence-electron chi connectivity index (χ0n) is 11.1. The van der Waals surface area contributed by atoms with Crippen LogP contribution in [0.5, 0.6) is 6.01 Å². The lowest BCUT2D eigenvalue weighted by Crippen LogP contribution is -2.32. The number of nitrogens with two attached hydrogens (primary N) is 1. The van der Waals surface area contributed by atoms with E-state index >= 15 is 0 Å². The van der Waals surface area contributed by atoms with E-state index in [1.807, 2.05) is 12.1 Å². The molecule has 2 heterocycles. The Balaban J connectivity index is 1.96. The summed E-state index contributed by atoms with van der Waals surface area (Å²) in [4.78, 5) is 10.4. The topological polar surface area (TPSA) is 64.3 Å². The van der Waals surface area contributed by atoms with Gasteiger partial charge in [0.15, 0.2) is 5.82 Å². The molecular weight excluding hydrogens is 276 g/mol. The van der Waals surface area contributed by atoms with Crippen LogP contribution in [0.3, 0.4) is 0 Å². The minimum atomic E-state index is 0.316. The first-order valence-corrected chi connectivity index (χ1v) is 6.74. The first-order chi connectivity index (χ1) is 9.69. The highest BCUT2D eigenvalue weighted by Gasteiger charge is 2.21. The smallest absolute Gasteiger partial charge is 0.318 e. The molecule has 104 valence electrons. The molecule has 1 aromatic heterocycles. The molecule has 0 saturated carbocycles. The number of nitrogen functional groups attached to an aromatic ring is 1. The monoisotopic (exact) mass is 290 g/mol. The highest BCUT2D eigenvalue weighted by atomic mass is 35.5. The molecule has 2 N–H and O–H groups in total. The first kappa shape index (κ1) is 13.0. The van der Waals surface area contributed by atoms with Crippen LogP contribution in [0.4, 0.5) is 11.5 Å². The summed E-state index contributed by atoms with van der Waals surface area (Å²) >= 11 is 6.20. The number of aromatic nitrogens is 2. The highest BCUT2D eigenvalue weighted by molar-refractivity contribution is 6.32. The number of nitrogens with zero attached hydrogens (tertiary/aromatic N) is 3. The minimum Gasteiger partial charge on any atom is -0.467 e. The third kappa shape index (κ3) is 2.25. The summed E-state index contributed by atoms with van der Waals surface area (Å²) in [5, 5.41) is 0.517. The summed E-state index contributed by atoms with van der Waals surface area (Å²) in [6.45, 7) is 1.54. The summed E-state index contributed by atoms with van der Waals surface area (Å²) in [6.07, 6.45) is 2.48. The van der Waals surface area contributed by atoms with Crippen molar-refractivity contribution in [3.8, 4) is 6.01 Å². The Kier molecular flexibility index (Phi) is 3.36. The predicted octanol–water partition coefficient (Wildman–Crippen LogP) is 2.28. The fraction of sp³-hybridized carbons (Fsp3) is 0.286. The summed E-state index contributed by atoms with van der Waals surface area (Å²) < 4.78 is 5.06. The average Bonchev–Trinajstić information content (AvgIpc) is 2.48. The molecule has 20 heavy (non-hydrogen) atoms. The second-order valence-electron chi connectivity index (χ2n) is 4.68. The summed E-state index contributed by atoms with van der Waals surface area (Å²) in [5.74, 6) is 0.687. The molecule has 0 saturated heterocycles. The Hall–Kier alpha value is -2.01. The maximum absolute atomic E-state index is 6.20. The SMILES string of the molecule is COc1ncc(Cl)c(N2CCc3cccc(N)c3C2)n1. The van der Waals surface area contributed by atoms with Crippen LogP contribution in [-0.2, 0) is 13.0 Å². The van der Waals surface area contributed by atoms with Crippen LogP contribution >= 0.6 is 11.6 Å². The number of fused-ring (bicyclic) bond motifs is 1. The van der Waals surface area contributed by atoms with Gasteiger partial charge in [-0.05, 0) is 23.6 Å². The number of rotatable bonds is 2. The van der Waals surface area contributed by atoms with Gasteiger partial charge in [0.1, 0.15) is 5.02 Å². The number of hydrogen-bond acceptors (Lipinski definition) is 5. The lowest BCUT2D eigenvalue weighted by atomic mass is 9.98. The van der Waals surface area contributed by atoms with E-state index in [4.69, 9.17) is 22.1 Å². The molecule has 0 unspecified atom stereocenters. The van der Waals surface area contributed by atoms with E-state index in [-0.39, 0.29) is 0 Å². The van der Waals surface area contributed by atoms with Crippen molar-refractivity contribution in [2.24, 2.45) is 0 Å². The van der Waals surface area contributed by atoms with E-state index in [2.05, 4.69) is 20.9 Å². The molecule has 0 spiro atoms. The van der Waals surface area contributed by atoms with E-state index in [1.165, 1.54) is 12.7 Å². The Morgan fingerprint density at radius 3 is 3.05 bits per heavy atom.